The fraction of sp³-hybridized carbons (Fsp3) is 0.0566. The van der Waals surface area contributed by atoms with Crippen molar-refractivity contribution in [2.45, 2.75) is 19.3 Å². The lowest BCUT2D eigenvalue weighted by molar-refractivity contribution is 0.660. The van der Waals surface area contributed by atoms with Gasteiger partial charge in [-0.05, 0) is 110 Å². The number of benzene rings is 9. The Kier molecular flexibility index (Phi) is 6.59. The first-order chi connectivity index (χ1) is 27.5. The minimum absolute atomic E-state index is 0.0710. The predicted octanol–water partition coefficient (Wildman–Crippen LogP) is 15.7. The lowest BCUT2D eigenvalue weighted by atomic mass is 9.82. The van der Waals surface area contributed by atoms with Crippen molar-refractivity contribution >= 4 is 92.1 Å². The van der Waals surface area contributed by atoms with E-state index in [0.717, 1.165) is 39.0 Å². The van der Waals surface area contributed by atoms with Crippen LogP contribution in [0.25, 0.3) is 85.9 Å². The molecule has 0 spiro atoms. The first kappa shape index (κ1) is 31.6. The van der Waals surface area contributed by atoms with Gasteiger partial charge in [0.1, 0.15) is 11.2 Å². The van der Waals surface area contributed by atoms with E-state index >= 15 is 0 Å². The lowest BCUT2D eigenvalue weighted by Gasteiger charge is -2.28. The maximum absolute atomic E-state index is 6.74. The Labute approximate surface area is 328 Å². The molecule has 0 radical (unpaired) electrons. The van der Waals surface area contributed by atoms with Crippen molar-refractivity contribution < 1.29 is 4.42 Å². The molecule has 0 aliphatic heterocycles. The minimum Gasteiger partial charge on any atom is -0.455 e. The van der Waals surface area contributed by atoms with E-state index in [4.69, 9.17) is 4.42 Å². The SMILES string of the molecule is CC1(C)c2ccccc2-c2cc(N(c3ccc(-c4ccc5ccccc5c4)cc3)c3cccc4sc5ccc6oc7c8ccccc8ccc7c6c5c34)ccc21. The number of nitrogens with zero attached hydrogens (tertiary/aromatic N) is 1. The van der Waals surface area contributed by atoms with Crippen molar-refractivity contribution in [3.05, 3.63) is 187 Å². The summed E-state index contributed by atoms with van der Waals surface area (Å²) in [6.45, 7) is 4.70. The van der Waals surface area contributed by atoms with Gasteiger partial charge in [0, 0.05) is 53.1 Å². The van der Waals surface area contributed by atoms with Crippen LogP contribution in [0.4, 0.5) is 17.1 Å². The number of hydrogen-bond donors (Lipinski definition) is 0. The molecule has 2 nitrogen and oxygen atoms in total. The third kappa shape index (κ3) is 4.49. The topological polar surface area (TPSA) is 16.4 Å². The minimum atomic E-state index is -0.0710. The second-order valence-corrected chi connectivity index (χ2v) is 16.8. The van der Waals surface area contributed by atoms with Gasteiger partial charge in [0.2, 0.25) is 0 Å². The van der Waals surface area contributed by atoms with Gasteiger partial charge in [-0.3, -0.25) is 0 Å². The number of fused-ring (bicyclic) bond motifs is 13. The molecule has 0 bridgehead atoms. The maximum Gasteiger partial charge on any atom is 0.143 e. The summed E-state index contributed by atoms with van der Waals surface area (Å²) in [7, 11) is 0. The second kappa shape index (κ2) is 11.7. The van der Waals surface area contributed by atoms with Crippen LogP contribution in [0.15, 0.2) is 180 Å². The van der Waals surface area contributed by atoms with Gasteiger partial charge in [-0.1, -0.05) is 129 Å². The molecule has 9 aromatic carbocycles. The van der Waals surface area contributed by atoms with Gasteiger partial charge in [0.25, 0.3) is 0 Å². The van der Waals surface area contributed by atoms with Crippen LogP contribution in [0.2, 0.25) is 0 Å². The Bertz CT molecular complexity index is 3400. The molecule has 0 unspecified atom stereocenters. The van der Waals surface area contributed by atoms with E-state index in [1.807, 2.05) is 11.3 Å². The van der Waals surface area contributed by atoms with Gasteiger partial charge in [0.05, 0.1) is 5.69 Å². The quantitative estimate of drug-likeness (QED) is 0.179. The zero-order chi connectivity index (χ0) is 37.1. The van der Waals surface area contributed by atoms with Gasteiger partial charge in [-0.15, -0.1) is 11.3 Å². The standard InChI is InChI=1S/C53H35NOS/c1-53(2)43-15-8-7-14-40(43)42-31-38(25-27-44(42)53)54(37-23-20-33(21-24-37)36-19-18-32-10-3-4-12-35(32)30-36)45-16-9-17-47-50(45)51-48(56-47)29-28-46-49(51)41-26-22-34-11-5-6-13-39(34)52(41)55-46/h3-31H,1-2H3. The zero-order valence-electron chi connectivity index (χ0n) is 31.0. The molecule has 11 aromatic rings. The summed E-state index contributed by atoms with van der Waals surface area (Å²) in [5, 5.41) is 9.66. The van der Waals surface area contributed by atoms with Gasteiger partial charge in [0.15, 0.2) is 0 Å². The van der Waals surface area contributed by atoms with Crippen molar-refractivity contribution in [2.75, 3.05) is 4.90 Å². The summed E-state index contributed by atoms with van der Waals surface area (Å²) in [6, 6.07) is 64.7. The lowest BCUT2D eigenvalue weighted by Crippen LogP contribution is -2.15. The van der Waals surface area contributed by atoms with Crippen LogP contribution in [0.5, 0.6) is 0 Å². The van der Waals surface area contributed by atoms with E-state index in [-0.39, 0.29) is 5.41 Å². The molecule has 12 rings (SSSR count). The average Bonchev–Trinajstić information content (AvgIpc) is 3.89. The molecule has 56 heavy (non-hydrogen) atoms. The highest BCUT2D eigenvalue weighted by atomic mass is 32.1. The monoisotopic (exact) mass is 733 g/mol. The molecule has 264 valence electrons. The van der Waals surface area contributed by atoms with E-state index in [1.54, 1.807) is 0 Å². The highest BCUT2D eigenvalue weighted by molar-refractivity contribution is 7.26. The maximum atomic E-state index is 6.74. The summed E-state index contributed by atoms with van der Waals surface area (Å²) >= 11 is 1.86. The summed E-state index contributed by atoms with van der Waals surface area (Å²) in [5.74, 6) is 0. The first-order valence-electron chi connectivity index (χ1n) is 19.3. The van der Waals surface area contributed by atoms with E-state index in [1.165, 1.54) is 75.1 Å². The summed E-state index contributed by atoms with van der Waals surface area (Å²) in [4.78, 5) is 2.48. The van der Waals surface area contributed by atoms with Crippen molar-refractivity contribution in [2.24, 2.45) is 0 Å². The molecule has 0 saturated heterocycles. The molecular formula is C53H35NOS. The van der Waals surface area contributed by atoms with E-state index in [0.29, 0.717) is 0 Å². The number of furan rings is 1. The van der Waals surface area contributed by atoms with E-state index in [2.05, 4.69) is 195 Å². The van der Waals surface area contributed by atoms with Gasteiger partial charge >= 0.3 is 0 Å². The Morgan fingerprint density at radius 1 is 0.464 bits per heavy atom. The van der Waals surface area contributed by atoms with Crippen LogP contribution >= 0.6 is 11.3 Å². The van der Waals surface area contributed by atoms with Crippen molar-refractivity contribution in [3.8, 4) is 22.3 Å². The highest BCUT2D eigenvalue weighted by Gasteiger charge is 2.35. The van der Waals surface area contributed by atoms with E-state index in [9.17, 15) is 0 Å². The Morgan fingerprint density at radius 3 is 2.07 bits per heavy atom. The van der Waals surface area contributed by atoms with Crippen molar-refractivity contribution in [1.82, 2.24) is 0 Å². The molecule has 0 saturated carbocycles. The largest absolute Gasteiger partial charge is 0.455 e. The van der Waals surface area contributed by atoms with Crippen LogP contribution in [0.1, 0.15) is 25.0 Å². The number of hydrogen-bond acceptors (Lipinski definition) is 3. The predicted molar refractivity (Wildman–Crippen MR) is 239 cm³/mol. The fourth-order valence-electron chi connectivity index (χ4n) is 9.52. The average molecular weight is 734 g/mol. The summed E-state index contributed by atoms with van der Waals surface area (Å²) in [6.07, 6.45) is 0. The molecule has 2 heterocycles. The van der Waals surface area contributed by atoms with Crippen LogP contribution in [0.3, 0.4) is 0 Å². The molecule has 1 aliphatic carbocycles. The fourth-order valence-corrected chi connectivity index (χ4v) is 10.7. The third-order valence-corrected chi connectivity index (χ3v) is 13.4. The normalized spacial score (nSPS) is 13.3. The van der Waals surface area contributed by atoms with Crippen LogP contribution in [-0.4, -0.2) is 0 Å². The smallest absolute Gasteiger partial charge is 0.143 e. The molecule has 0 N–H and O–H groups in total. The van der Waals surface area contributed by atoms with Crippen LogP contribution < -0.4 is 4.90 Å². The van der Waals surface area contributed by atoms with Crippen molar-refractivity contribution in [1.29, 1.82) is 0 Å². The van der Waals surface area contributed by atoms with Crippen LogP contribution in [-0.2, 0) is 5.41 Å². The van der Waals surface area contributed by atoms with Crippen molar-refractivity contribution in [3.63, 3.8) is 0 Å². The molecule has 3 heteroatoms. The zero-order valence-corrected chi connectivity index (χ0v) is 31.8. The van der Waals surface area contributed by atoms with Gasteiger partial charge in [-0.25, -0.2) is 0 Å². The van der Waals surface area contributed by atoms with Gasteiger partial charge < -0.3 is 9.32 Å². The third-order valence-electron chi connectivity index (χ3n) is 12.2. The van der Waals surface area contributed by atoms with Crippen LogP contribution in [0, 0.1) is 0 Å². The number of rotatable bonds is 4. The summed E-state index contributed by atoms with van der Waals surface area (Å²) in [5.41, 5.74) is 13.0. The summed E-state index contributed by atoms with van der Waals surface area (Å²) < 4.78 is 9.25. The van der Waals surface area contributed by atoms with E-state index < -0.39 is 0 Å². The number of thiophene rings is 1. The Balaban J connectivity index is 1.12. The first-order valence-corrected chi connectivity index (χ1v) is 20.1. The Hall–Kier alpha value is -6.68. The molecule has 2 aromatic heterocycles. The molecule has 0 fully saturated rings. The number of anilines is 3. The molecule has 0 atom stereocenters. The van der Waals surface area contributed by atoms with Gasteiger partial charge in [-0.2, -0.15) is 0 Å². The molecule has 0 amide bonds. The highest BCUT2D eigenvalue weighted by Crippen LogP contribution is 2.53. The molecule has 1 aliphatic rings. The second-order valence-electron chi connectivity index (χ2n) is 15.7. The Morgan fingerprint density at radius 2 is 1.18 bits per heavy atom. The molecular weight excluding hydrogens is 699 g/mol.